The van der Waals surface area contributed by atoms with Gasteiger partial charge in [0.15, 0.2) is 6.29 Å². The third kappa shape index (κ3) is 48.7. The number of rotatable bonds is 56. The topological polar surface area (TPSA) is 149 Å². The fourth-order valence-corrected chi connectivity index (χ4v) is 9.73. The second kappa shape index (κ2) is 60.5. The third-order valence-corrected chi connectivity index (χ3v) is 14.9. The number of allylic oxidation sites excluding steroid dienone is 21. The van der Waals surface area contributed by atoms with Crippen LogP contribution in [-0.4, -0.2) is 87.5 Å². The molecule has 0 bridgehead atoms. The third-order valence-electron chi connectivity index (χ3n) is 14.9. The molecule has 0 aliphatic carbocycles. The van der Waals surface area contributed by atoms with Crippen LogP contribution < -0.4 is 5.32 Å². The summed E-state index contributed by atoms with van der Waals surface area (Å²) < 4.78 is 11.3. The number of aliphatic hydroxyl groups excluding tert-OH is 5. The zero-order valence-electron chi connectivity index (χ0n) is 52.2. The number of carbonyl (C=O) groups is 1. The Balaban J connectivity index is 2.18. The molecule has 1 amide bonds. The molecule has 6 N–H and O–H groups in total. The lowest BCUT2D eigenvalue weighted by Crippen LogP contribution is -2.60. The van der Waals surface area contributed by atoms with Gasteiger partial charge >= 0.3 is 0 Å². The van der Waals surface area contributed by atoms with E-state index >= 15 is 0 Å². The first-order valence-corrected chi connectivity index (χ1v) is 33.4. The summed E-state index contributed by atoms with van der Waals surface area (Å²) in [6.07, 6.45) is 85.4. The molecule has 1 saturated heterocycles. The molecule has 468 valence electrons. The van der Waals surface area contributed by atoms with Crippen LogP contribution in [0.15, 0.2) is 134 Å². The number of aliphatic hydroxyl groups is 5. The van der Waals surface area contributed by atoms with E-state index < -0.39 is 49.5 Å². The summed E-state index contributed by atoms with van der Waals surface area (Å²) in [6, 6.07) is -0.839. The van der Waals surface area contributed by atoms with Crippen molar-refractivity contribution in [3.63, 3.8) is 0 Å². The Morgan fingerprint density at radius 3 is 1.17 bits per heavy atom. The molecule has 0 spiro atoms. The van der Waals surface area contributed by atoms with Gasteiger partial charge in [0.25, 0.3) is 0 Å². The highest BCUT2D eigenvalue weighted by Crippen LogP contribution is 2.23. The van der Waals surface area contributed by atoms with Gasteiger partial charge in [-0.3, -0.25) is 4.79 Å². The highest BCUT2D eigenvalue weighted by Gasteiger charge is 2.44. The minimum atomic E-state index is -1.58. The maximum atomic E-state index is 13.1. The zero-order valence-corrected chi connectivity index (χ0v) is 52.2. The Labute approximate surface area is 502 Å². The molecule has 0 aromatic rings. The molecule has 0 radical (unpaired) electrons. The van der Waals surface area contributed by atoms with E-state index in [4.69, 9.17) is 9.47 Å². The van der Waals surface area contributed by atoms with Crippen molar-refractivity contribution >= 4 is 5.91 Å². The minimum absolute atomic E-state index is 0.197. The van der Waals surface area contributed by atoms with E-state index in [0.29, 0.717) is 6.42 Å². The van der Waals surface area contributed by atoms with E-state index in [0.717, 1.165) is 109 Å². The smallest absolute Gasteiger partial charge is 0.220 e. The quantitative estimate of drug-likeness (QED) is 0.0261. The summed E-state index contributed by atoms with van der Waals surface area (Å²) in [4.78, 5) is 13.1. The Morgan fingerprint density at radius 2 is 0.768 bits per heavy atom. The average Bonchev–Trinajstić information content (AvgIpc) is 3.59. The molecule has 0 aromatic heterocycles. The summed E-state index contributed by atoms with van der Waals surface area (Å²) in [6.45, 7) is 3.65. The Morgan fingerprint density at radius 1 is 0.427 bits per heavy atom. The summed E-state index contributed by atoms with van der Waals surface area (Å²) in [5.41, 5.74) is 0. The summed E-state index contributed by atoms with van der Waals surface area (Å²) in [5, 5.41) is 54.6. The van der Waals surface area contributed by atoms with Crippen LogP contribution >= 0.6 is 0 Å². The standard InChI is InChI=1S/C73H123NO8/c1-3-5-7-9-11-13-15-17-19-21-23-25-27-28-29-30-31-32-33-34-35-36-37-38-39-40-41-43-45-47-49-51-53-55-57-59-61-63-69(77)74-66(65-81-73-72(80)71(79)70(78)68(64-75)82-73)67(76)62-60-58-56-54-52-50-48-46-44-42-26-24-22-20-18-16-14-12-10-8-6-4-2/h5,7,11,13,17,19,23,25,28-29,31-32,34-35,37-38,44,46,52,54,60,62,66-68,70-73,75-76,78-80H,3-4,6,8-10,12,14-16,18,20-22,24,26-27,30,33,36,39-43,45,47-51,53,55-59,61,63-65H2,1-2H3,(H,74,77)/b7-5-,13-11-,19-17-,25-23-,29-28-,32-31-,35-34-,38-37-,46-44+,54-52+,62-60+. The molecule has 1 heterocycles. The molecular weight excluding hydrogens is 1020 g/mol. The van der Waals surface area contributed by atoms with Crippen molar-refractivity contribution in [1.82, 2.24) is 5.32 Å². The van der Waals surface area contributed by atoms with Gasteiger partial charge in [-0.15, -0.1) is 0 Å². The van der Waals surface area contributed by atoms with Crippen molar-refractivity contribution in [2.75, 3.05) is 13.2 Å². The first-order chi connectivity index (χ1) is 40.3. The Kier molecular flexibility index (Phi) is 56.3. The molecular formula is C73H123NO8. The largest absolute Gasteiger partial charge is 0.394 e. The lowest BCUT2D eigenvalue weighted by atomic mass is 9.99. The SMILES string of the molecule is CC/C=C\C/C=C\C/C=C\C/C=C\C/C=C\C/C=C\C/C=C\C/C=C\CCCCCCCCCCCCCCC(=O)NC(COC1OC(CO)C(O)C(O)C1O)C(O)/C=C/CC/C=C/CC/C=C/CCCCCCCCCCCCCC. The predicted molar refractivity (Wildman–Crippen MR) is 350 cm³/mol. The molecule has 7 atom stereocenters. The molecule has 9 nitrogen and oxygen atoms in total. The number of hydrogen-bond donors (Lipinski definition) is 6. The number of ether oxygens (including phenoxy) is 2. The molecule has 1 rings (SSSR count). The zero-order chi connectivity index (χ0) is 59.3. The average molecular weight is 1140 g/mol. The van der Waals surface area contributed by atoms with Gasteiger partial charge in [0.2, 0.25) is 5.91 Å². The van der Waals surface area contributed by atoms with Gasteiger partial charge in [0.05, 0.1) is 25.4 Å². The van der Waals surface area contributed by atoms with Crippen LogP contribution in [0.2, 0.25) is 0 Å². The number of nitrogens with one attached hydrogen (secondary N) is 1. The second-order valence-corrected chi connectivity index (χ2v) is 22.5. The first-order valence-electron chi connectivity index (χ1n) is 33.4. The fourth-order valence-electron chi connectivity index (χ4n) is 9.73. The monoisotopic (exact) mass is 1140 g/mol. The van der Waals surface area contributed by atoms with Gasteiger partial charge in [-0.25, -0.2) is 0 Å². The lowest BCUT2D eigenvalue weighted by molar-refractivity contribution is -0.302. The number of hydrogen-bond acceptors (Lipinski definition) is 8. The number of amides is 1. The van der Waals surface area contributed by atoms with Crippen LogP contribution in [0.4, 0.5) is 0 Å². The highest BCUT2D eigenvalue weighted by atomic mass is 16.7. The predicted octanol–water partition coefficient (Wildman–Crippen LogP) is 18.0. The van der Waals surface area contributed by atoms with E-state index in [2.05, 4.69) is 141 Å². The van der Waals surface area contributed by atoms with Crippen molar-refractivity contribution in [2.45, 2.75) is 307 Å². The van der Waals surface area contributed by atoms with E-state index in [1.165, 1.54) is 135 Å². The van der Waals surface area contributed by atoms with Gasteiger partial charge in [-0.1, -0.05) is 282 Å². The number of unbranched alkanes of at least 4 members (excludes halogenated alkanes) is 26. The maximum absolute atomic E-state index is 13.1. The molecule has 7 unspecified atom stereocenters. The van der Waals surface area contributed by atoms with Gasteiger partial charge in [-0.05, 0) is 109 Å². The highest BCUT2D eigenvalue weighted by molar-refractivity contribution is 5.76. The summed E-state index contributed by atoms with van der Waals surface area (Å²) in [7, 11) is 0. The summed E-state index contributed by atoms with van der Waals surface area (Å²) in [5.74, 6) is -0.197. The molecule has 0 saturated carbocycles. The van der Waals surface area contributed by atoms with E-state index in [-0.39, 0.29) is 12.5 Å². The van der Waals surface area contributed by atoms with Crippen LogP contribution in [0.25, 0.3) is 0 Å². The van der Waals surface area contributed by atoms with Crippen LogP contribution in [0.3, 0.4) is 0 Å². The van der Waals surface area contributed by atoms with Gasteiger partial charge in [0, 0.05) is 6.42 Å². The molecule has 82 heavy (non-hydrogen) atoms. The summed E-state index contributed by atoms with van der Waals surface area (Å²) >= 11 is 0. The van der Waals surface area contributed by atoms with Crippen molar-refractivity contribution in [1.29, 1.82) is 0 Å². The molecule has 0 aromatic carbocycles. The van der Waals surface area contributed by atoms with E-state index in [1.807, 2.05) is 6.08 Å². The van der Waals surface area contributed by atoms with E-state index in [1.54, 1.807) is 6.08 Å². The maximum Gasteiger partial charge on any atom is 0.220 e. The van der Waals surface area contributed by atoms with Crippen LogP contribution in [0.1, 0.15) is 264 Å². The Hall–Kier alpha value is -3.67. The van der Waals surface area contributed by atoms with Gasteiger partial charge in [-0.2, -0.15) is 0 Å². The van der Waals surface area contributed by atoms with E-state index in [9.17, 15) is 30.3 Å². The van der Waals surface area contributed by atoms with Crippen molar-refractivity contribution in [3.8, 4) is 0 Å². The lowest BCUT2D eigenvalue weighted by Gasteiger charge is -2.40. The second-order valence-electron chi connectivity index (χ2n) is 22.5. The van der Waals surface area contributed by atoms with Crippen molar-refractivity contribution in [3.05, 3.63) is 134 Å². The normalized spacial score (nSPS) is 19.2. The molecule has 9 heteroatoms. The minimum Gasteiger partial charge on any atom is -0.394 e. The van der Waals surface area contributed by atoms with Crippen LogP contribution in [0.5, 0.6) is 0 Å². The number of carbonyl (C=O) groups excluding carboxylic acids is 1. The van der Waals surface area contributed by atoms with Crippen LogP contribution in [-0.2, 0) is 14.3 Å². The fraction of sp³-hybridized carbons (Fsp3) is 0.685. The van der Waals surface area contributed by atoms with Crippen molar-refractivity contribution in [2.24, 2.45) is 0 Å². The Bertz CT molecular complexity index is 1750. The van der Waals surface area contributed by atoms with Gasteiger partial charge in [0.1, 0.15) is 24.4 Å². The molecule has 1 aliphatic rings. The van der Waals surface area contributed by atoms with Crippen LogP contribution in [0, 0.1) is 0 Å². The first kappa shape index (κ1) is 76.3. The van der Waals surface area contributed by atoms with Crippen molar-refractivity contribution < 1.29 is 39.8 Å². The molecule has 1 fully saturated rings. The molecule has 1 aliphatic heterocycles. The van der Waals surface area contributed by atoms with Gasteiger partial charge < -0.3 is 40.3 Å².